The average molecular weight is 568 g/mol. The zero-order valence-electron chi connectivity index (χ0n) is 26.3. The first kappa shape index (κ1) is 34.6. The van der Waals surface area contributed by atoms with Crippen LogP contribution in [0.4, 0.5) is 4.39 Å². The number of hydrogen-bond acceptors (Lipinski definition) is 5. The number of piperidine rings is 1. The molecular weight excluding hydrogens is 513 g/mol. The van der Waals surface area contributed by atoms with Crippen molar-refractivity contribution in [1.82, 2.24) is 4.90 Å². The summed E-state index contributed by atoms with van der Waals surface area (Å²) in [4.78, 5) is 7.08. The maximum atomic E-state index is 13.5. The molecule has 1 aromatic carbocycles. The average Bonchev–Trinajstić information content (AvgIpc) is 2.96. The van der Waals surface area contributed by atoms with Crippen LogP contribution in [0.5, 0.6) is 0 Å². The van der Waals surface area contributed by atoms with Crippen molar-refractivity contribution in [1.29, 1.82) is 0 Å². The molecule has 5 nitrogen and oxygen atoms in total. The smallest absolute Gasteiger partial charge is 0.123 e. The molecule has 2 fully saturated rings. The van der Waals surface area contributed by atoms with Crippen molar-refractivity contribution in [2.45, 2.75) is 92.6 Å². The van der Waals surface area contributed by atoms with Crippen LogP contribution in [0.15, 0.2) is 70.5 Å². The van der Waals surface area contributed by atoms with Gasteiger partial charge < -0.3 is 10.3 Å². The number of halogens is 1. The van der Waals surface area contributed by atoms with Crippen LogP contribution in [0.25, 0.3) is 0 Å². The lowest BCUT2D eigenvalue weighted by atomic mass is 9.78. The first-order chi connectivity index (χ1) is 19.6. The molecule has 0 aromatic heterocycles. The van der Waals surface area contributed by atoms with Crippen molar-refractivity contribution < 1.29 is 14.7 Å². The van der Waals surface area contributed by atoms with E-state index in [0.29, 0.717) is 35.0 Å². The van der Waals surface area contributed by atoms with Crippen LogP contribution in [-0.2, 0) is 0 Å². The van der Waals surface area contributed by atoms with Crippen LogP contribution in [-0.4, -0.2) is 52.4 Å². The third kappa shape index (κ3) is 11.7. The molecule has 0 radical (unpaired) electrons. The van der Waals surface area contributed by atoms with E-state index in [-0.39, 0.29) is 11.9 Å². The number of hydrogen-bond donors (Lipinski definition) is 2. The molecule has 1 unspecified atom stereocenters. The van der Waals surface area contributed by atoms with E-state index in [1.54, 1.807) is 24.3 Å². The van der Waals surface area contributed by atoms with Crippen LogP contribution >= 0.6 is 0 Å². The molecule has 1 aromatic rings. The van der Waals surface area contributed by atoms with Crippen molar-refractivity contribution in [3.63, 3.8) is 0 Å². The Labute approximate surface area is 248 Å². The molecule has 1 aliphatic carbocycles. The second-order valence-corrected chi connectivity index (χ2v) is 12.2. The lowest BCUT2D eigenvalue weighted by Crippen LogP contribution is -2.36. The van der Waals surface area contributed by atoms with E-state index in [1.165, 1.54) is 37.8 Å². The van der Waals surface area contributed by atoms with Crippen molar-refractivity contribution in [2.75, 3.05) is 19.6 Å². The fourth-order valence-electron chi connectivity index (χ4n) is 5.37. The molecule has 0 amide bonds. The van der Waals surface area contributed by atoms with Crippen LogP contribution in [0.1, 0.15) is 92.1 Å². The summed E-state index contributed by atoms with van der Waals surface area (Å²) < 4.78 is 13.5. The number of oxime groups is 1. The monoisotopic (exact) mass is 567 g/mol. The van der Waals surface area contributed by atoms with Gasteiger partial charge in [-0.15, -0.1) is 0 Å². The molecule has 6 heteroatoms. The maximum absolute atomic E-state index is 13.5. The molecule has 228 valence electrons. The Bertz CT molecular complexity index is 1040. The van der Waals surface area contributed by atoms with Gasteiger partial charge >= 0.3 is 0 Å². The summed E-state index contributed by atoms with van der Waals surface area (Å²) in [6, 6.07) is 5.86. The predicted molar refractivity (Wildman–Crippen MR) is 171 cm³/mol. The summed E-state index contributed by atoms with van der Waals surface area (Å²) in [6.07, 6.45) is 13.6. The summed E-state index contributed by atoms with van der Waals surface area (Å²) in [7, 11) is 0. The van der Waals surface area contributed by atoms with Crippen LogP contribution in [0, 0.1) is 29.5 Å². The first-order valence-corrected chi connectivity index (χ1v) is 15.6. The molecular formula is C35H54FN3O2. The number of likely N-dealkylation sites (tertiary alicyclic amines) is 1. The molecule has 0 spiro atoms. The van der Waals surface area contributed by atoms with Crippen molar-refractivity contribution in [2.24, 2.45) is 33.8 Å². The molecule has 3 rings (SSSR count). The number of benzene rings is 1. The highest BCUT2D eigenvalue weighted by atomic mass is 19.1. The minimum atomic E-state index is -0.356. The lowest BCUT2D eigenvalue weighted by molar-refractivity contribution is 0.0880. The van der Waals surface area contributed by atoms with Gasteiger partial charge in [0.05, 0.1) is 11.8 Å². The molecule has 1 saturated carbocycles. The van der Waals surface area contributed by atoms with E-state index in [0.717, 1.165) is 55.8 Å². The number of aliphatic imine (C=N–C) groups is 1. The largest absolute Gasteiger partial charge is 0.410 e. The van der Waals surface area contributed by atoms with Gasteiger partial charge in [-0.1, -0.05) is 71.3 Å². The molecule has 0 bridgehead atoms. The van der Waals surface area contributed by atoms with Crippen LogP contribution in [0.2, 0.25) is 0 Å². The molecule has 1 aliphatic heterocycles. The number of allylic oxidation sites excluding steroid dienone is 3. The minimum Gasteiger partial charge on any atom is -0.410 e. The second kappa shape index (κ2) is 18.1. The first-order valence-electron chi connectivity index (χ1n) is 15.6. The second-order valence-electron chi connectivity index (χ2n) is 12.2. The van der Waals surface area contributed by atoms with Gasteiger partial charge in [-0.05, 0) is 93.0 Å². The van der Waals surface area contributed by atoms with E-state index in [2.05, 4.69) is 51.3 Å². The fourth-order valence-corrected chi connectivity index (χ4v) is 5.37. The Morgan fingerprint density at radius 1 is 1.07 bits per heavy atom. The van der Waals surface area contributed by atoms with Crippen LogP contribution < -0.4 is 0 Å². The standard InChI is InChI=1S/C25H34FN3O2.C10H20/c1-5-7-24(27-19(4)18(3)6-2)23(14-17-29-15-12-22(30)13-16-29)25(28-31)20-8-10-21(26)11-9-20;1-8(2)10-6-4-9(3)5-7-10/h5,7-11,14,18,22,30-31H,1,6,12-13,15-17H2,2-4H3;8-10H,4-7H2,1-3H3/b23-14+,24-7-,27-19?,28-25-;. The Morgan fingerprint density at radius 3 is 2.20 bits per heavy atom. The van der Waals surface area contributed by atoms with Gasteiger partial charge in [0.1, 0.15) is 11.5 Å². The summed E-state index contributed by atoms with van der Waals surface area (Å²) >= 11 is 0. The molecule has 2 aliphatic rings. The predicted octanol–water partition coefficient (Wildman–Crippen LogP) is 8.43. The molecule has 2 N–H and O–H groups in total. The molecule has 41 heavy (non-hydrogen) atoms. The molecule has 1 atom stereocenters. The maximum Gasteiger partial charge on any atom is 0.123 e. The Hall–Kier alpha value is -2.57. The molecule has 1 saturated heterocycles. The van der Waals surface area contributed by atoms with Gasteiger partial charge in [-0.2, -0.15) is 0 Å². The number of rotatable bonds is 10. The summed E-state index contributed by atoms with van der Waals surface area (Å²) in [5.74, 6) is 2.92. The fraction of sp³-hybridized carbons (Fsp3) is 0.600. The quantitative estimate of drug-likeness (QED) is 0.129. The van der Waals surface area contributed by atoms with Crippen molar-refractivity contribution in [3.05, 3.63) is 71.7 Å². The van der Waals surface area contributed by atoms with Gasteiger partial charge in [-0.25, -0.2) is 4.39 Å². The van der Waals surface area contributed by atoms with E-state index in [9.17, 15) is 14.7 Å². The van der Waals surface area contributed by atoms with Gasteiger partial charge in [0.2, 0.25) is 0 Å². The van der Waals surface area contributed by atoms with Gasteiger partial charge in [0, 0.05) is 36.5 Å². The highest BCUT2D eigenvalue weighted by molar-refractivity contribution is 6.15. The van der Waals surface area contributed by atoms with E-state index in [4.69, 9.17) is 4.99 Å². The third-order valence-corrected chi connectivity index (χ3v) is 8.76. The Balaban J connectivity index is 0.000000493. The van der Waals surface area contributed by atoms with E-state index in [1.807, 2.05) is 13.0 Å². The van der Waals surface area contributed by atoms with E-state index < -0.39 is 0 Å². The lowest BCUT2D eigenvalue weighted by Gasteiger charge is -2.28. The van der Waals surface area contributed by atoms with Crippen molar-refractivity contribution >= 4 is 11.4 Å². The van der Waals surface area contributed by atoms with Gasteiger partial charge in [0.25, 0.3) is 0 Å². The number of aliphatic hydroxyl groups excluding tert-OH is 1. The van der Waals surface area contributed by atoms with Crippen LogP contribution in [0.3, 0.4) is 0 Å². The zero-order chi connectivity index (χ0) is 30.4. The third-order valence-electron chi connectivity index (χ3n) is 8.76. The minimum absolute atomic E-state index is 0.243. The van der Waals surface area contributed by atoms with Gasteiger partial charge in [-0.3, -0.25) is 9.89 Å². The van der Waals surface area contributed by atoms with Gasteiger partial charge in [0.15, 0.2) is 0 Å². The Morgan fingerprint density at radius 2 is 1.68 bits per heavy atom. The SMILES string of the molecule is C=C/C=C(N=C(C)C(C)CC)/C(=C\CN1CCC(O)CC1)C(=N\O)/c1ccc(F)cc1.CC1CCC(C(C)C)CC1. The highest BCUT2D eigenvalue weighted by Gasteiger charge is 2.21. The van der Waals surface area contributed by atoms with E-state index >= 15 is 0 Å². The zero-order valence-corrected chi connectivity index (χ0v) is 26.3. The number of nitrogens with zero attached hydrogens (tertiary/aromatic N) is 3. The normalized spacial score (nSPS) is 22.8. The molecule has 1 heterocycles. The summed E-state index contributed by atoms with van der Waals surface area (Å²) in [5.41, 5.74) is 3.19. The number of aliphatic hydroxyl groups is 1. The Kier molecular flexibility index (Phi) is 15.3. The highest BCUT2D eigenvalue weighted by Crippen LogP contribution is 2.32. The summed E-state index contributed by atoms with van der Waals surface area (Å²) in [6.45, 7) is 19.4. The topological polar surface area (TPSA) is 68.4 Å². The van der Waals surface area contributed by atoms with Crippen molar-refractivity contribution in [3.8, 4) is 0 Å². The summed E-state index contributed by atoms with van der Waals surface area (Å²) in [5, 5.41) is 23.2.